The van der Waals surface area contributed by atoms with Gasteiger partial charge < -0.3 is 10.5 Å². The molecule has 4 heteroatoms. The molecule has 3 rings (SSSR count). The lowest BCUT2D eigenvalue weighted by Crippen LogP contribution is -2.40. The van der Waals surface area contributed by atoms with Crippen molar-refractivity contribution in [3.63, 3.8) is 0 Å². The van der Waals surface area contributed by atoms with Crippen molar-refractivity contribution in [1.29, 1.82) is 0 Å². The van der Waals surface area contributed by atoms with Gasteiger partial charge in [-0.05, 0) is 37.2 Å². The molecule has 4 unspecified atom stereocenters. The Hall–Kier alpha value is -1.42. The summed E-state index contributed by atoms with van der Waals surface area (Å²) in [7, 11) is 1.58. The van der Waals surface area contributed by atoms with Crippen molar-refractivity contribution in [3.05, 3.63) is 24.0 Å². The molecule has 2 bridgehead atoms. The summed E-state index contributed by atoms with van der Waals surface area (Å²) in [5.74, 6) is 1.77. The highest BCUT2D eigenvalue weighted by atomic mass is 16.5. The lowest BCUT2D eigenvalue weighted by molar-refractivity contribution is 0.0855. The van der Waals surface area contributed by atoms with Crippen LogP contribution in [0, 0.1) is 17.8 Å². The standard InChI is InChI=1S/C14H18N2O2/c1-18-11-5-10(6-16-7-11)14(17)12-8-2-3-9(4-8)13(12)15/h5-9,12-13H,2-4,15H2,1H3. The van der Waals surface area contributed by atoms with Crippen LogP contribution in [0.15, 0.2) is 18.5 Å². The molecule has 18 heavy (non-hydrogen) atoms. The zero-order valence-electron chi connectivity index (χ0n) is 10.5. The van der Waals surface area contributed by atoms with E-state index in [-0.39, 0.29) is 17.7 Å². The van der Waals surface area contributed by atoms with Crippen molar-refractivity contribution >= 4 is 5.78 Å². The SMILES string of the molecule is COc1cncc(C(=O)C2C3CCC(C3)C2N)c1. The molecule has 0 amide bonds. The van der Waals surface area contributed by atoms with Gasteiger partial charge in [-0.2, -0.15) is 0 Å². The Morgan fingerprint density at radius 2 is 2.17 bits per heavy atom. The lowest BCUT2D eigenvalue weighted by Gasteiger charge is -2.26. The van der Waals surface area contributed by atoms with E-state index in [0.717, 1.165) is 12.8 Å². The van der Waals surface area contributed by atoms with Crippen LogP contribution in [0.5, 0.6) is 5.75 Å². The zero-order valence-corrected chi connectivity index (χ0v) is 10.5. The molecule has 4 atom stereocenters. The maximum absolute atomic E-state index is 12.5. The fourth-order valence-electron chi connectivity index (χ4n) is 3.58. The predicted octanol–water partition coefficient (Wildman–Crippen LogP) is 1.65. The van der Waals surface area contributed by atoms with Crippen molar-refractivity contribution in [1.82, 2.24) is 4.98 Å². The molecule has 0 aliphatic heterocycles. The summed E-state index contributed by atoms with van der Waals surface area (Å²) >= 11 is 0. The Bertz CT molecular complexity index is 473. The number of hydrogen-bond acceptors (Lipinski definition) is 4. The fourth-order valence-corrected chi connectivity index (χ4v) is 3.58. The van der Waals surface area contributed by atoms with Gasteiger partial charge in [-0.15, -0.1) is 0 Å². The third kappa shape index (κ3) is 1.72. The maximum Gasteiger partial charge on any atom is 0.169 e. The van der Waals surface area contributed by atoms with E-state index in [9.17, 15) is 4.79 Å². The molecule has 1 aromatic heterocycles. The van der Waals surface area contributed by atoms with Crippen LogP contribution in [0.3, 0.4) is 0 Å². The van der Waals surface area contributed by atoms with Gasteiger partial charge in [-0.25, -0.2) is 0 Å². The Morgan fingerprint density at radius 1 is 1.39 bits per heavy atom. The first-order valence-electron chi connectivity index (χ1n) is 6.49. The van der Waals surface area contributed by atoms with Gasteiger partial charge in [0, 0.05) is 23.7 Å². The van der Waals surface area contributed by atoms with Gasteiger partial charge in [-0.1, -0.05) is 0 Å². The predicted molar refractivity (Wildman–Crippen MR) is 67.4 cm³/mol. The molecule has 4 nitrogen and oxygen atoms in total. The summed E-state index contributed by atoms with van der Waals surface area (Å²) < 4.78 is 5.11. The van der Waals surface area contributed by atoms with Crippen molar-refractivity contribution in [2.24, 2.45) is 23.5 Å². The molecule has 0 saturated heterocycles. The molecular weight excluding hydrogens is 228 g/mol. The minimum Gasteiger partial charge on any atom is -0.495 e. The van der Waals surface area contributed by atoms with Crippen LogP contribution in [0.2, 0.25) is 0 Å². The summed E-state index contributed by atoms with van der Waals surface area (Å²) in [5.41, 5.74) is 6.83. The van der Waals surface area contributed by atoms with E-state index >= 15 is 0 Å². The number of ether oxygens (including phenoxy) is 1. The number of fused-ring (bicyclic) bond motifs is 2. The van der Waals surface area contributed by atoms with Crippen molar-refractivity contribution in [2.75, 3.05) is 7.11 Å². The molecular formula is C14H18N2O2. The summed E-state index contributed by atoms with van der Waals surface area (Å²) in [5, 5.41) is 0. The van der Waals surface area contributed by atoms with E-state index in [1.807, 2.05) is 0 Å². The largest absolute Gasteiger partial charge is 0.495 e. The quantitative estimate of drug-likeness (QED) is 0.823. The Morgan fingerprint density at radius 3 is 2.83 bits per heavy atom. The second kappa shape index (κ2) is 4.35. The molecule has 2 aliphatic carbocycles. The Balaban J connectivity index is 1.86. The number of hydrogen-bond donors (Lipinski definition) is 1. The van der Waals surface area contributed by atoms with Crippen molar-refractivity contribution in [2.45, 2.75) is 25.3 Å². The van der Waals surface area contributed by atoms with E-state index in [4.69, 9.17) is 10.5 Å². The molecule has 96 valence electrons. The van der Waals surface area contributed by atoms with Crippen LogP contribution in [0.1, 0.15) is 29.6 Å². The summed E-state index contributed by atoms with van der Waals surface area (Å²) in [6.45, 7) is 0. The van der Waals surface area contributed by atoms with Crippen LogP contribution in [0.4, 0.5) is 0 Å². The molecule has 2 N–H and O–H groups in total. The van der Waals surface area contributed by atoms with Gasteiger partial charge in [-0.3, -0.25) is 9.78 Å². The van der Waals surface area contributed by atoms with Gasteiger partial charge in [0.25, 0.3) is 0 Å². The minimum absolute atomic E-state index is 0.0161. The second-order valence-electron chi connectivity index (χ2n) is 5.41. The fraction of sp³-hybridized carbons (Fsp3) is 0.571. The average molecular weight is 246 g/mol. The summed E-state index contributed by atoms with van der Waals surface area (Å²) in [6, 6.07) is 1.79. The van der Waals surface area contributed by atoms with Crippen LogP contribution in [0.25, 0.3) is 0 Å². The first-order chi connectivity index (χ1) is 8.70. The van der Waals surface area contributed by atoms with Crippen LogP contribution >= 0.6 is 0 Å². The molecule has 2 fully saturated rings. The third-order valence-corrected chi connectivity index (χ3v) is 4.52. The number of aromatic nitrogens is 1. The number of carbonyl (C=O) groups is 1. The van der Waals surface area contributed by atoms with Gasteiger partial charge in [0.1, 0.15) is 5.75 Å². The minimum atomic E-state index is -0.0161. The summed E-state index contributed by atoms with van der Waals surface area (Å²) in [6.07, 6.45) is 6.67. The van der Waals surface area contributed by atoms with Crippen LogP contribution in [-0.2, 0) is 0 Å². The average Bonchev–Trinajstić information content (AvgIpc) is 2.99. The van der Waals surface area contributed by atoms with E-state index in [0.29, 0.717) is 23.1 Å². The maximum atomic E-state index is 12.5. The molecule has 1 heterocycles. The number of carbonyl (C=O) groups excluding carboxylic acids is 1. The number of nitrogens with zero attached hydrogens (tertiary/aromatic N) is 1. The highest BCUT2D eigenvalue weighted by molar-refractivity contribution is 5.98. The molecule has 0 spiro atoms. The number of ketones is 1. The van der Waals surface area contributed by atoms with Crippen molar-refractivity contribution in [3.8, 4) is 5.75 Å². The monoisotopic (exact) mass is 246 g/mol. The molecule has 0 aromatic carbocycles. The molecule has 0 radical (unpaired) electrons. The van der Waals surface area contributed by atoms with E-state index < -0.39 is 0 Å². The first kappa shape index (κ1) is 11.7. The van der Waals surface area contributed by atoms with Crippen LogP contribution < -0.4 is 10.5 Å². The Kier molecular flexibility index (Phi) is 2.82. The highest BCUT2D eigenvalue weighted by Crippen LogP contribution is 2.48. The normalized spacial score (nSPS) is 33.7. The molecule has 1 aromatic rings. The molecule has 2 saturated carbocycles. The van der Waals surface area contributed by atoms with Crippen LogP contribution in [-0.4, -0.2) is 23.9 Å². The zero-order chi connectivity index (χ0) is 12.7. The van der Waals surface area contributed by atoms with Gasteiger partial charge >= 0.3 is 0 Å². The second-order valence-corrected chi connectivity index (χ2v) is 5.41. The molecule has 2 aliphatic rings. The smallest absolute Gasteiger partial charge is 0.169 e. The van der Waals surface area contributed by atoms with Gasteiger partial charge in [0.2, 0.25) is 0 Å². The number of pyridine rings is 1. The van der Waals surface area contributed by atoms with E-state index in [2.05, 4.69) is 4.98 Å². The van der Waals surface area contributed by atoms with E-state index in [1.165, 1.54) is 6.42 Å². The topological polar surface area (TPSA) is 65.2 Å². The number of nitrogens with two attached hydrogens (primary N) is 1. The number of rotatable bonds is 3. The number of methoxy groups -OCH3 is 1. The summed E-state index contributed by atoms with van der Waals surface area (Å²) in [4.78, 5) is 16.6. The lowest BCUT2D eigenvalue weighted by atomic mass is 9.80. The van der Waals surface area contributed by atoms with E-state index in [1.54, 1.807) is 25.6 Å². The number of Topliss-reactive ketones (excluding diaryl/α,β-unsaturated/α-hetero) is 1. The first-order valence-corrected chi connectivity index (χ1v) is 6.49. The van der Waals surface area contributed by atoms with Crippen molar-refractivity contribution < 1.29 is 9.53 Å². The Labute approximate surface area is 107 Å². The third-order valence-electron chi connectivity index (χ3n) is 4.52. The highest BCUT2D eigenvalue weighted by Gasteiger charge is 2.49. The van der Waals surface area contributed by atoms with Gasteiger partial charge in [0.15, 0.2) is 5.78 Å². The van der Waals surface area contributed by atoms with Gasteiger partial charge in [0.05, 0.1) is 13.3 Å².